The zero-order chi connectivity index (χ0) is 12.0. The molecule has 1 aromatic carbocycles. The van der Waals surface area contributed by atoms with Crippen LogP contribution >= 0.6 is 0 Å². The predicted octanol–water partition coefficient (Wildman–Crippen LogP) is 2.53. The summed E-state index contributed by atoms with van der Waals surface area (Å²) in [6.07, 6.45) is 0.0785. The van der Waals surface area contributed by atoms with Crippen LogP contribution < -0.4 is 0 Å². The van der Waals surface area contributed by atoms with E-state index in [1.807, 2.05) is 6.07 Å². The fraction of sp³-hybridized carbons (Fsp3) is 0.273. The highest BCUT2D eigenvalue weighted by atomic mass is 16.4. The maximum atomic E-state index is 10.9. The van der Waals surface area contributed by atoms with Gasteiger partial charge in [-0.1, -0.05) is 25.1 Å². The van der Waals surface area contributed by atoms with Crippen LogP contribution in [0.25, 0.3) is 0 Å². The second kappa shape index (κ2) is 5.03. The van der Waals surface area contributed by atoms with Gasteiger partial charge in [-0.05, 0) is 18.6 Å². The second-order valence-electron chi connectivity index (χ2n) is 3.17. The number of rotatable bonds is 4. The summed E-state index contributed by atoms with van der Waals surface area (Å²) in [7, 11) is 0. The predicted molar refractivity (Wildman–Crippen MR) is 57.2 cm³/mol. The standard InChI is InChI=1S/C11H11N3O2/c1-2-11(8-12,10(15)16)14-13-9-6-4-3-5-7-9/h3-7H,2H2,1H3,(H,15,16). The van der Waals surface area contributed by atoms with Crippen LogP contribution in [0.15, 0.2) is 40.6 Å². The maximum Gasteiger partial charge on any atom is 0.348 e. The Morgan fingerprint density at radius 3 is 2.56 bits per heavy atom. The van der Waals surface area contributed by atoms with Gasteiger partial charge in [-0.15, -0.1) is 0 Å². The Balaban J connectivity index is 2.98. The second-order valence-corrected chi connectivity index (χ2v) is 3.17. The molecule has 0 bridgehead atoms. The van der Waals surface area contributed by atoms with Gasteiger partial charge < -0.3 is 5.11 Å². The molecule has 0 aliphatic heterocycles. The largest absolute Gasteiger partial charge is 0.479 e. The zero-order valence-electron chi connectivity index (χ0n) is 8.79. The summed E-state index contributed by atoms with van der Waals surface area (Å²) in [5, 5.41) is 25.2. The lowest BCUT2D eigenvalue weighted by atomic mass is 10.0. The smallest absolute Gasteiger partial charge is 0.348 e. The normalized spacial score (nSPS) is 14.2. The third kappa shape index (κ3) is 2.42. The van der Waals surface area contributed by atoms with Gasteiger partial charge in [-0.25, -0.2) is 4.79 Å². The number of carboxylic acid groups (broad SMARTS) is 1. The van der Waals surface area contributed by atoms with Crippen molar-refractivity contribution in [1.82, 2.24) is 0 Å². The molecule has 16 heavy (non-hydrogen) atoms. The molecule has 1 unspecified atom stereocenters. The first-order valence-corrected chi connectivity index (χ1v) is 4.77. The molecule has 0 saturated carbocycles. The average Bonchev–Trinajstić information content (AvgIpc) is 2.32. The van der Waals surface area contributed by atoms with Crippen LogP contribution in [0.5, 0.6) is 0 Å². The van der Waals surface area contributed by atoms with Gasteiger partial charge in [0.15, 0.2) is 0 Å². The Kier molecular flexibility index (Phi) is 3.72. The average molecular weight is 217 g/mol. The first-order valence-electron chi connectivity index (χ1n) is 4.77. The molecular weight excluding hydrogens is 206 g/mol. The minimum atomic E-state index is -1.78. The summed E-state index contributed by atoms with van der Waals surface area (Å²) in [5.74, 6) is -1.28. The van der Waals surface area contributed by atoms with Crippen LogP contribution in [0, 0.1) is 11.3 Å². The molecule has 5 nitrogen and oxygen atoms in total. The molecule has 0 saturated heterocycles. The van der Waals surface area contributed by atoms with E-state index in [0.717, 1.165) is 0 Å². The molecule has 0 aromatic heterocycles. The molecule has 1 N–H and O–H groups in total. The number of hydrogen-bond donors (Lipinski definition) is 1. The van der Waals surface area contributed by atoms with Gasteiger partial charge in [0.25, 0.3) is 5.54 Å². The fourth-order valence-corrected chi connectivity index (χ4v) is 1.05. The van der Waals surface area contributed by atoms with Crippen molar-refractivity contribution in [3.63, 3.8) is 0 Å². The van der Waals surface area contributed by atoms with Crippen LogP contribution in [-0.4, -0.2) is 16.6 Å². The summed E-state index contributed by atoms with van der Waals surface area (Å²) in [6, 6.07) is 10.4. The van der Waals surface area contributed by atoms with Crippen molar-refractivity contribution in [1.29, 1.82) is 5.26 Å². The van der Waals surface area contributed by atoms with E-state index in [0.29, 0.717) is 5.69 Å². The topological polar surface area (TPSA) is 85.8 Å². The minimum absolute atomic E-state index is 0.0785. The molecule has 0 amide bonds. The Morgan fingerprint density at radius 1 is 1.50 bits per heavy atom. The third-order valence-electron chi connectivity index (χ3n) is 2.14. The van der Waals surface area contributed by atoms with Crippen molar-refractivity contribution < 1.29 is 9.90 Å². The Morgan fingerprint density at radius 2 is 2.12 bits per heavy atom. The van der Waals surface area contributed by atoms with E-state index in [4.69, 9.17) is 10.4 Å². The monoisotopic (exact) mass is 217 g/mol. The van der Waals surface area contributed by atoms with E-state index in [1.165, 1.54) is 0 Å². The van der Waals surface area contributed by atoms with Gasteiger partial charge in [0.1, 0.15) is 6.07 Å². The van der Waals surface area contributed by atoms with Gasteiger partial charge >= 0.3 is 5.97 Å². The number of nitrogens with zero attached hydrogens (tertiary/aromatic N) is 3. The summed E-state index contributed by atoms with van der Waals surface area (Å²) < 4.78 is 0. The lowest BCUT2D eigenvalue weighted by molar-refractivity contribution is -0.141. The molecule has 0 radical (unpaired) electrons. The van der Waals surface area contributed by atoms with Crippen LogP contribution in [0.1, 0.15) is 13.3 Å². The number of benzene rings is 1. The van der Waals surface area contributed by atoms with E-state index in [9.17, 15) is 4.79 Å². The molecular formula is C11H11N3O2. The van der Waals surface area contributed by atoms with Crippen molar-refractivity contribution in [2.45, 2.75) is 18.9 Å². The highest BCUT2D eigenvalue weighted by Crippen LogP contribution is 2.19. The summed E-state index contributed by atoms with van der Waals surface area (Å²) >= 11 is 0. The lowest BCUT2D eigenvalue weighted by Gasteiger charge is -2.11. The van der Waals surface area contributed by atoms with Gasteiger partial charge in [-0.3, -0.25) is 0 Å². The van der Waals surface area contributed by atoms with Crippen LogP contribution in [0.4, 0.5) is 5.69 Å². The molecule has 0 heterocycles. The quantitative estimate of drug-likeness (QED) is 0.786. The molecule has 1 atom stereocenters. The first kappa shape index (κ1) is 11.9. The van der Waals surface area contributed by atoms with E-state index in [2.05, 4.69) is 10.2 Å². The maximum absolute atomic E-state index is 10.9. The van der Waals surface area contributed by atoms with Crippen molar-refractivity contribution in [3.05, 3.63) is 30.3 Å². The fourth-order valence-electron chi connectivity index (χ4n) is 1.05. The first-order chi connectivity index (χ1) is 7.64. The highest BCUT2D eigenvalue weighted by Gasteiger charge is 2.37. The lowest BCUT2D eigenvalue weighted by Crippen LogP contribution is -2.33. The minimum Gasteiger partial charge on any atom is -0.479 e. The van der Waals surface area contributed by atoms with Crippen LogP contribution in [0.3, 0.4) is 0 Å². The number of azo groups is 1. The van der Waals surface area contributed by atoms with E-state index >= 15 is 0 Å². The van der Waals surface area contributed by atoms with Gasteiger partial charge in [0.05, 0.1) is 5.69 Å². The number of hydrogen-bond acceptors (Lipinski definition) is 4. The van der Waals surface area contributed by atoms with Crippen molar-refractivity contribution in [3.8, 4) is 6.07 Å². The summed E-state index contributed by atoms with van der Waals surface area (Å²) in [4.78, 5) is 10.9. The summed E-state index contributed by atoms with van der Waals surface area (Å²) in [6.45, 7) is 1.58. The van der Waals surface area contributed by atoms with E-state index in [-0.39, 0.29) is 6.42 Å². The molecule has 5 heteroatoms. The third-order valence-corrected chi connectivity index (χ3v) is 2.14. The van der Waals surface area contributed by atoms with Crippen molar-refractivity contribution in [2.75, 3.05) is 0 Å². The van der Waals surface area contributed by atoms with Crippen molar-refractivity contribution >= 4 is 11.7 Å². The molecule has 0 fully saturated rings. The number of nitriles is 1. The molecule has 1 aromatic rings. The van der Waals surface area contributed by atoms with E-state index in [1.54, 1.807) is 37.3 Å². The Bertz CT molecular complexity index is 436. The number of carboxylic acids is 1. The zero-order valence-corrected chi connectivity index (χ0v) is 8.79. The van der Waals surface area contributed by atoms with Crippen LogP contribution in [0.2, 0.25) is 0 Å². The molecule has 0 spiro atoms. The molecule has 82 valence electrons. The van der Waals surface area contributed by atoms with Gasteiger partial charge in [0, 0.05) is 0 Å². The summed E-state index contributed by atoms with van der Waals surface area (Å²) in [5.41, 5.74) is -1.26. The van der Waals surface area contributed by atoms with Crippen LogP contribution in [-0.2, 0) is 4.79 Å². The molecule has 0 aliphatic carbocycles. The van der Waals surface area contributed by atoms with E-state index < -0.39 is 11.5 Å². The molecule has 0 aliphatic rings. The SMILES string of the molecule is CCC(C#N)(N=Nc1ccccc1)C(=O)O. The number of carbonyl (C=O) groups is 1. The Labute approximate surface area is 93.1 Å². The number of aliphatic carboxylic acids is 1. The Hall–Kier alpha value is -2.22. The highest BCUT2D eigenvalue weighted by molar-refractivity contribution is 5.82. The van der Waals surface area contributed by atoms with Crippen molar-refractivity contribution in [2.24, 2.45) is 10.2 Å². The van der Waals surface area contributed by atoms with Gasteiger partial charge in [-0.2, -0.15) is 15.5 Å². The molecule has 1 rings (SSSR count). The van der Waals surface area contributed by atoms with Gasteiger partial charge in [0.2, 0.25) is 0 Å².